The summed E-state index contributed by atoms with van der Waals surface area (Å²) in [4.78, 5) is 24.8. The third-order valence-corrected chi connectivity index (χ3v) is 4.17. The van der Waals surface area contributed by atoms with Crippen LogP contribution in [0.4, 0.5) is 0 Å². The molecule has 0 bridgehead atoms. The zero-order valence-electron chi connectivity index (χ0n) is 15.1. The predicted molar refractivity (Wildman–Crippen MR) is 110 cm³/mol. The van der Waals surface area contributed by atoms with Gasteiger partial charge in [0.05, 0.1) is 5.56 Å². The van der Waals surface area contributed by atoms with Gasteiger partial charge in [0.2, 0.25) is 0 Å². The van der Waals surface area contributed by atoms with Crippen molar-refractivity contribution in [3.63, 3.8) is 0 Å². The molecule has 0 saturated carbocycles. The van der Waals surface area contributed by atoms with Crippen molar-refractivity contribution in [2.75, 3.05) is 13.2 Å². The van der Waals surface area contributed by atoms with Gasteiger partial charge in [0.25, 0.3) is 0 Å². The van der Waals surface area contributed by atoms with E-state index >= 15 is 0 Å². The summed E-state index contributed by atoms with van der Waals surface area (Å²) in [7, 11) is 0. The number of hydrogen-bond donors (Lipinski definition) is 0. The maximum Gasteiger partial charge on any atom is 0.343 e. The van der Waals surface area contributed by atoms with E-state index in [9.17, 15) is 9.59 Å². The van der Waals surface area contributed by atoms with Gasteiger partial charge in [0.1, 0.15) is 30.3 Å². The molecule has 3 aromatic rings. The second-order valence-corrected chi connectivity index (χ2v) is 6.71. The monoisotopic (exact) mass is 430 g/mol. The van der Waals surface area contributed by atoms with Gasteiger partial charge in [0, 0.05) is 10.0 Å². The van der Waals surface area contributed by atoms with Crippen LogP contribution in [0.3, 0.4) is 0 Å². The lowest BCUT2D eigenvalue weighted by Crippen LogP contribution is -2.15. The van der Waals surface area contributed by atoms with Crippen molar-refractivity contribution in [1.82, 2.24) is 0 Å². The molecule has 148 valence electrons. The summed E-state index contributed by atoms with van der Waals surface area (Å²) in [6.07, 6.45) is 0. The Labute approximate surface area is 177 Å². The molecule has 0 radical (unpaired) electrons. The summed E-state index contributed by atoms with van der Waals surface area (Å²) in [6.45, 7) is 0.235. The van der Waals surface area contributed by atoms with E-state index in [1.807, 2.05) is 18.2 Å². The average molecular weight is 431 g/mol. The van der Waals surface area contributed by atoms with Gasteiger partial charge in [-0.05, 0) is 42.5 Å². The maximum atomic E-state index is 12.4. The number of carbonyl (C=O) groups excluding carboxylic acids is 2. The van der Waals surface area contributed by atoms with Gasteiger partial charge in [-0.15, -0.1) is 0 Å². The van der Waals surface area contributed by atoms with Crippen molar-refractivity contribution in [2.24, 2.45) is 0 Å². The predicted octanol–water partition coefficient (Wildman–Crippen LogP) is 5.45. The Morgan fingerprint density at radius 1 is 0.759 bits per heavy atom. The number of hydrogen-bond acceptors (Lipinski definition) is 5. The fourth-order valence-corrected chi connectivity index (χ4v) is 2.97. The van der Waals surface area contributed by atoms with Crippen LogP contribution in [-0.2, 0) is 4.74 Å². The second kappa shape index (κ2) is 9.96. The SMILES string of the molecule is O=C(Oc1ccccc1C(=O)OCCOc1ccccc1)c1cc(Cl)cc(Cl)c1. The van der Waals surface area contributed by atoms with Crippen LogP contribution in [0.5, 0.6) is 11.5 Å². The Balaban J connectivity index is 1.61. The fourth-order valence-electron chi connectivity index (χ4n) is 2.44. The lowest BCUT2D eigenvalue weighted by molar-refractivity contribution is 0.0445. The molecule has 29 heavy (non-hydrogen) atoms. The van der Waals surface area contributed by atoms with Crippen LogP contribution in [0.1, 0.15) is 20.7 Å². The zero-order chi connectivity index (χ0) is 20.6. The molecular weight excluding hydrogens is 415 g/mol. The third kappa shape index (κ3) is 5.98. The summed E-state index contributed by atoms with van der Waals surface area (Å²) in [6, 6.07) is 19.8. The first-order valence-corrected chi connectivity index (χ1v) is 9.41. The molecule has 5 nitrogen and oxygen atoms in total. The summed E-state index contributed by atoms with van der Waals surface area (Å²) < 4.78 is 16.0. The molecule has 0 aliphatic carbocycles. The number of carbonyl (C=O) groups is 2. The van der Waals surface area contributed by atoms with Gasteiger partial charge in [-0.25, -0.2) is 9.59 Å². The van der Waals surface area contributed by atoms with Crippen molar-refractivity contribution >= 4 is 35.1 Å². The first-order chi connectivity index (χ1) is 14.0. The molecule has 3 rings (SSSR count). The number of benzene rings is 3. The molecular formula is C22H16Cl2O5. The lowest BCUT2D eigenvalue weighted by atomic mass is 10.2. The van der Waals surface area contributed by atoms with E-state index in [4.69, 9.17) is 37.4 Å². The summed E-state index contributed by atoms with van der Waals surface area (Å²) >= 11 is 11.8. The van der Waals surface area contributed by atoms with Crippen LogP contribution >= 0.6 is 23.2 Å². The molecule has 0 amide bonds. The Morgan fingerprint density at radius 2 is 1.41 bits per heavy atom. The highest BCUT2D eigenvalue weighted by molar-refractivity contribution is 6.35. The minimum absolute atomic E-state index is 0.0416. The quantitative estimate of drug-likeness (QED) is 0.283. The van der Waals surface area contributed by atoms with Crippen LogP contribution < -0.4 is 9.47 Å². The lowest BCUT2D eigenvalue weighted by Gasteiger charge is -2.11. The highest BCUT2D eigenvalue weighted by Crippen LogP contribution is 2.23. The summed E-state index contributed by atoms with van der Waals surface area (Å²) in [5.74, 6) is -0.572. The van der Waals surface area contributed by atoms with Gasteiger partial charge in [-0.1, -0.05) is 53.5 Å². The summed E-state index contributed by atoms with van der Waals surface area (Å²) in [5.41, 5.74) is 0.288. The largest absolute Gasteiger partial charge is 0.490 e. The van der Waals surface area contributed by atoms with Crippen molar-refractivity contribution in [3.8, 4) is 11.5 Å². The number of para-hydroxylation sites is 2. The molecule has 0 saturated heterocycles. The van der Waals surface area contributed by atoms with E-state index in [1.165, 1.54) is 30.3 Å². The molecule has 7 heteroatoms. The Kier molecular flexibility index (Phi) is 7.11. The first kappa shape index (κ1) is 20.7. The van der Waals surface area contributed by atoms with Gasteiger partial charge >= 0.3 is 11.9 Å². The van der Waals surface area contributed by atoms with Crippen LogP contribution in [0.15, 0.2) is 72.8 Å². The van der Waals surface area contributed by atoms with Crippen molar-refractivity contribution in [1.29, 1.82) is 0 Å². The van der Waals surface area contributed by atoms with Crippen molar-refractivity contribution in [2.45, 2.75) is 0 Å². The highest BCUT2D eigenvalue weighted by Gasteiger charge is 2.18. The van der Waals surface area contributed by atoms with E-state index in [0.29, 0.717) is 15.8 Å². The topological polar surface area (TPSA) is 61.8 Å². The molecule has 0 aromatic heterocycles. The van der Waals surface area contributed by atoms with E-state index < -0.39 is 11.9 Å². The Bertz CT molecular complexity index is 985. The van der Waals surface area contributed by atoms with Crippen LogP contribution in [0.25, 0.3) is 0 Å². The van der Waals surface area contributed by atoms with E-state index in [-0.39, 0.29) is 30.1 Å². The number of halogens is 2. The van der Waals surface area contributed by atoms with Crippen molar-refractivity contribution < 1.29 is 23.8 Å². The van der Waals surface area contributed by atoms with Gasteiger partial charge < -0.3 is 14.2 Å². The van der Waals surface area contributed by atoms with E-state index in [2.05, 4.69) is 0 Å². The van der Waals surface area contributed by atoms with Gasteiger partial charge in [0.15, 0.2) is 0 Å². The Hall–Kier alpha value is -3.02. The van der Waals surface area contributed by atoms with Crippen molar-refractivity contribution in [3.05, 3.63) is 94.0 Å². The third-order valence-electron chi connectivity index (χ3n) is 3.74. The minimum atomic E-state index is -0.693. The smallest absolute Gasteiger partial charge is 0.343 e. The molecule has 0 unspecified atom stereocenters. The molecule has 0 N–H and O–H groups in total. The van der Waals surface area contributed by atoms with Gasteiger partial charge in [-0.2, -0.15) is 0 Å². The standard InChI is InChI=1S/C22H16Cl2O5/c23-16-12-15(13-17(24)14-16)21(25)29-20-9-5-4-8-19(20)22(26)28-11-10-27-18-6-2-1-3-7-18/h1-9,12-14H,10-11H2. The van der Waals surface area contributed by atoms with Crippen LogP contribution in [0.2, 0.25) is 10.0 Å². The molecule has 0 heterocycles. The molecule has 0 aliphatic rings. The molecule has 3 aromatic carbocycles. The molecule has 0 aliphatic heterocycles. The molecule has 0 fully saturated rings. The normalized spacial score (nSPS) is 10.3. The summed E-state index contributed by atoms with van der Waals surface area (Å²) in [5, 5.41) is 0.603. The molecule has 0 spiro atoms. The number of rotatable bonds is 7. The first-order valence-electron chi connectivity index (χ1n) is 8.65. The minimum Gasteiger partial charge on any atom is -0.490 e. The number of ether oxygens (including phenoxy) is 3. The maximum absolute atomic E-state index is 12.4. The Morgan fingerprint density at radius 3 is 2.14 bits per heavy atom. The number of esters is 2. The van der Waals surface area contributed by atoms with E-state index in [1.54, 1.807) is 24.3 Å². The zero-order valence-corrected chi connectivity index (χ0v) is 16.7. The molecule has 0 atom stereocenters. The highest BCUT2D eigenvalue weighted by atomic mass is 35.5. The second-order valence-electron chi connectivity index (χ2n) is 5.84. The fraction of sp³-hybridized carbons (Fsp3) is 0.0909. The van der Waals surface area contributed by atoms with Crippen LogP contribution in [-0.4, -0.2) is 25.2 Å². The van der Waals surface area contributed by atoms with Gasteiger partial charge in [-0.3, -0.25) is 0 Å². The average Bonchev–Trinajstić information content (AvgIpc) is 2.71. The van der Waals surface area contributed by atoms with E-state index in [0.717, 1.165) is 0 Å². The van der Waals surface area contributed by atoms with Crippen LogP contribution in [0, 0.1) is 0 Å².